The average molecular weight is 388 g/mol. The summed E-state index contributed by atoms with van der Waals surface area (Å²) >= 11 is 3.34. The van der Waals surface area contributed by atoms with Crippen LogP contribution in [0.2, 0.25) is 0 Å². The molecule has 0 saturated carbocycles. The monoisotopic (exact) mass is 387 g/mol. The van der Waals surface area contributed by atoms with Crippen molar-refractivity contribution in [2.45, 2.75) is 6.92 Å². The summed E-state index contributed by atoms with van der Waals surface area (Å²) in [5.74, 6) is 0.401. The molecule has 0 saturated heterocycles. The molecule has 4 nitrogen and oxygen atoms in total. The number of nitrogens with one attached hydrogen (secondary N) is 1. The maximum atomic E-state index is 12.1. The predicted molar refractivity (Wildman–Crippen MR) is 98.1 cm³/mol. The normalized spacial score (nSPS) is 10.6. The zero-order valence-electron chi connectivity index (χ0n) is 13.3. The van der Waals surface area contributed by atoms with Crippen LogP contribution >= 0.6 is 15.9 Å². The molecule has 0 spiro atoms. The molecule has 0 aliphatic carbocycles. The molecule has 0 aliphatic rings. The molecule has 5 heteroatoms. The molecule has 0 aliphatic heterocycles. The van der Waals surface area contributed by atoms with Gasteiger partial charge >= 0.3 is 0 Å². The first-order valence-corrected chi connectivity index (χ1v) is 8.35. The molecular formula is C19H18BrNO3. The number of allylic oxidation sites excluding steroid dienone is 1. The molecule has 0 radical (unpaired) electrons. The lowest BCUT2D eigenvalue weighted by atomic mass is 10.1. The van der Waals surface area contributed by atoms with Gasteiger partial charge in [0.05, 0.1) is 0 Å². The van der Waals surface area contributed by atoms with E-state index in [0.29, 0.717) is 17.9 Å². The first-order valence-electron chi connectivity index (χ1n) is 7.56. The van der Waals surface area contributed by atoms with Gasteiger partial charge in [0, 0.05) is 16.6 Å². The molecule has 1 N–H and O–H groups in total. The number of benzene rings is 2. The number of rotatable bonds is 7. The minimum absolute atomic E-state index is 0.00885. The molecule has 0 atom stereocenters. The number of halogens is 1. The van der Waals surface area contributed by atoms with E-state index in [4.69, 9.17) is 4.74 Å². The van der Waals surface area contributed by atoms with Crippen LogP contribution in [0.15, 0.2) is 59.1 Å². The molecule has 0 heterocycles. The van der Waals surface area contributed by atoms with E-state index in [1.807, 2.05) is 31.2 Å². The SMILES string of the molecule is CCNC(=O)COc1ccc(C=CC(=O)c2ccc(Br)cc2)cc1. The maximum Gasteiger partial charge on any atom is 0.257 e. The van der Waals surface area contributed by atoms with Crippen molar-refractivity contribution in [2.24, 2.45) is 0 Å². The van der Waals surface area contributed by atoms with E-state index < -0.39 is 0 Å². The van der Waals surface area contributed by atoms with Gasteiger partial charge in [0.2, 0.25) is 0 Å². The van der Waals surface area contributed by atoms with Gasteiger partial charge in [-0.2, -0.15) is 0 Å². The molecule has 2 rings (SSSR count). The summed E-state index contributed by atoms with van der Waals surface area (Å²) in [7, 11) is 0. The van der Waals surface area contributed by atoms with Gasteiger partial charge in [-0.05, 0) is 55.0 Å². The summed E-state index contributed by atoms with van der Waals surface area (Å²) in [4.78, 5) is 23.4. The molecular weight excluding hydrogens is 370 g/mol. The van der Waals surface area contributed by atoms with Crippen molar-refractivity contribution in [1.82, 2.24) is 5.32 Å². The van der Waals surface area contributed by atoms with Gasteiger partial charge < -0.3 is 10.1 Å². The molecule has 0 aromatic heterocycles. The highest BCUT2D eigenvalue weighted by molar-refractivity contribution is 9.10. The standard InChI is InChI=1S/C19H18BrNO3/c1-2-21-19(23)13-24-17-10-3-14(4-11-17)5-12-18(22)15-6-8-16(20)9-7-15/h3-12H,2,13H2,1H3,(H,21,23). The molecule has 0 bridgehead atoms. The van der Waals surface area contributed by atoms with Crippen LogP contribution in [0, 0.1) is 0 Å². The van der Waals surface area contributed by atoms with Gasteiger partial charge in [0.1, 0.15) is 5.75 Å². The van der Waals surface area contributed by atoms with E-state index in [0.717, 1.165) is 10.0 Å². The van der Waals surface area contributed by atoms with E-state index in [-0.39, 0.29) is 18.3 Å². The number of ketones is 1. The van der Waals surface area contributed by atoms with E-state index >= 15 is 0 Å². The lowest BCUT2D eigenvalue weighted by Gasteiger charge is -2.06. The molecule has 2 aromatic carbocycles. The lowest BCUT2D eigenvalue weighted by molar-refractivity contribution is -0.122. The Bertz CT molecular complexity index is 721. The maximum absolute atomic E-state index is 12.1. The van der Waals surface area contributed by atoms with Crippen molar-refractivity contribution in [3.05, 3.63) is 70.2 Å². The minimum Gasteiger partial charge on any atom is -0.484 e. The second-order valence-electron chi connectivity index (χ2n) is 5.02. The summed E-state index contributed by atoms with van der Waals surface area (Å²) in [6.07, 6.45) is 3.28. The minimum atomic E-state index is -0.151. The predicted octanol–water partition coefficient (Wildman–Crippen LogP) is 3.86. The third-order valence-electron chi connectivity index (χ3n) is 3.18. The van der Waals surface area contributed by atoms with E-state index in [1.54, 1.807) is 30.3 Å². The molecule has 1 amide bonds. The Kier molecular flexibility index (Phi) is 6.75. The first kappa shape index (κ1) is 17.9. The quantitative estimate of drug-likeness (QED) is 0.579. The van der Waals surface area contributed by atoms with E-state index in [9.17, 15) is 9.59 Å². The van der Waals surface area contributed by atoms with Crippen LogP contribution in [0.3, 0.4) is 0 Å². The summed E-state index contributed by atoms with van der Waals surface area (Å²) < 4.78 is 6.31. The fraction of sp³-hybridized carbons (Fsp3) is 0.158. The van der Waals surface area contributed by atoms with E-state index in [1.165, 1.54) is 6.08 Å². The van der Waals surface area contributed by atoms with Gasteiger partial charge in [-0.25, -0.2) is 0 Å². The van der Waals surface area contributed by atoms with Crippen LogP contribution < -0.4 is 10.1 Å². The smallest absolute Gasteiger partial charge is 0.257 e. The molecule has 0 unspecified atom stereocenters. The Morgan fingerprint density at radius 2 is 1.75 bits per heavy atom. The van der Waals surface area contributed by atoms with Gasteiger partial charge in [-0.3, -0.25) is 9.59 Å². The van der Waals surface area contributed by atoms with Gasteiger partial charge in [-0.15, -0.1) is 0 Å². The number of amides is 1. The lowest BCUT2D eigenvalue weighted by Crippen LogP contribution is -2.28. The third kappa shape index (κ3) is 5.66. The summed E-state index contributed by atoms with van der Waals surface area (Å²) in [5.41, 5.74) is 1.52. The first-order chi connectivity index (χ1) is 11.6. The van der Waals surface area contributed by atoms with Gasteiger partial charge in [0.25, 0.3) is 5.91 Å². The van der Waals surface area contributed by atoms with Crippen LogP contribution in [-0.2, 0) is 4.79 Å². The van der Waals surface area contributed by atoms with Crippen LogP contribution in [0.4, 0.5) is 0 Å². The third-order valence-corrected chi connectivity index (χ3v) is 3.71. The second-order valence-corrected chi connectivity index (χ2v) is 5.93. The van der Waals surface area contributed by atoms with Crippen molar-refractivity contribution in [1.29, 1.82) is 0 Å². The van der Waals surface area contributed by atoms with Crippen LogP contribution in [0.1, 0.15) is 22.8 Å². The highest BCUT2D eigenvalue weighted by Gasteiger charge is 2.02. The van der Waals surface area contributed by atoms with E-state index in [2.05, 4.69) is 21.2 Å². The summed E-state index contributed by atoms with van der Waals surface area (Å²) in [6, 6.07) is 14.4. The van der Waals surface area contributed by atoms with Crippen LogP contribution in [0.5, 0.6) is 5.75 Å². The topological polar surface area (TPSA) is 55.4 Å². The van der Waals surface area contributed by atoms with Crippen molar-refractivity contribution >= 4 is 33.7 Å². The molecule has 24 heavy (non-hydrogen) atoms. The number of hydrogen-bond acceptors (Lipinski definition) is 3. The second kappa shape index (κ2) is 9.03. The Morgan fingerprint density at radius 1 is 1.08 bits per heavy atom. The fourth-order valence-corrected chi connectivity index (χ4v) is 2.22. The number of carbonyl (C=O) groups is 2. The van der Waals surface area contributed by atoms with Crippen molar-refractivity contribution in [3.8, 4) is 5.75 Å². The number of likely N-dealkylation sites (N-methyl/N-ethyl adjacent to an activating group) is 1. The zero-order valence-corrected chi connectivity index (χ0v) is 14.9. The fourth-order valence-electron chi connectivity index (χ4n) is 1.95. The Balaban J connectivity index is 1.92. The Hall–Kier alpha value is -2.40. The van der Waals surface area contributed by atoms with Gasteiger partial charge in [-0.1, -0.05) is 34.1 Å². The zero-order chi connectivity index (χ0) is 17.4. The number of ether oxygens (including phenoxy) is 1. The van der Waals surface area contributed by atoms with Crippen molar-refractivity contribution in [2.75, 3.05) is 13.2 Å². The molecule has 124 valence electrons. The highest BCUT2D eigenvalue weighted by Crippen LogP contribution is 2.15. The molecule has 2 aromatic rings. The van der Waals surface area contributed by atoms with Crippen molar-refractivity contribution < 1.29 is 14.3 Å². The number of hydrogen-bond donors (Lipinski definition) is 1. The van der Waals surface area contributed by atoms with Crippen molar-refractivity contribution in [3.63, 3.8) is 0 Å². The summed E-state index contributed by atoms with van der Waals surface area (Å²) in [5, 5.41) is 2.66. The Labute approximate surface area is 149 Å². The Morgan fingerprint density at radius 3 is 2.38 bits per heavy atom. The average Bonchev–Trinajstić information content (AvgIpc) is 2.59. The van der Waals surface area contributed by atoms with Crippen LogP contribution in [0.25, 0.3) is 6.08 Å². The van der Waals surface area contributed by atoms with Gasteiger partial charge in [0.15, 0.2) is 12.4 Å². The highest BCUT2D eigenvalue weighted by atomic mass is 79.9. The number of carbonyl (C=O) groups excluding carboxylic acids is 2. The largest absolute Gasteiger partial charge is 0.484 e. The van der Waals surface area contributed by atoms with Crippen LogP contribution in [-0.4, -0.2) is 24.8 Å². The molecule has 0 fully saturated rings. The summed E-state index contributed by atoms with van der Waals surface area (Å²) in [6.45, 7) is 2.43.